The van der Waals surface area contributed by atoms with Crippen LogP contribution in [0, 0.1) is 5.92 Å². The average Bonchev–Trinajstić information content (AvgIpc) is 1.90. The fraction of sp³-hybridized carbons (Fsp3) is 0.500. The second kappa shape index (κ2) is 6.47. The molecule has 0 aliphatic rings. The summed E-state index contributed by atoms with van der Waals surface area (Å²) in [6, 6.07) is 0. The highest BCUT2D eigenvalue weighted by molar-refractivity contribution is 4.99. The van der Waals surface area contributed by atoms with Crippen molar-refractivity contribution in [3.8, 4) is 0 Å². The maximum atomic E-state index is 3.71. The van der Waals surface area contributed by atoms with Crippen molar-refractivity contribution in [3.63, 3.8) is 0 Å². The van der Waals surface area contributed by atoms with Crippen LogP contribution in [0.5, 0.6) is 0 Å². The smallest absolute Gasteiger partial charge is 0.0989 e. The Kier molecular flexibility index (Phi) is 6.05. The van der Waals surface area contributed by atoms with Gasteiger partial charge >= 0.3 is 0 Å². The van der Waals surface area contributed by atoms with E-state index < -0.39 is 0 Å². The first-order chi connectivity index (χ1) is 4.85. The zero-order chi connectivity index (χ0) is 7.82. The summed E-state index contributed by atoms with van der Waals surface area (Å²) in [7, 11) is 0. The molecule has 0 aromatic heterocycles. The Balaban J connectivity index is 3.48. The molecule has 0 aliphatic heterocycles. The van der Waals surface area contributed by atoms with E-state index in [1.165, 1.54) is 12.8 Å². The van der Waals surface area contributed by atoms with Crippen LogP contribution in [-0.2, 0) is 0 Å². The quantitative estimate of drug-likeness (QED) is 0.388. The number of hydrogen-bond acceptors (Lipinski definition) is 0. The predicted molar refractivity (Wildman–Crippen MR) is 47.8 cm³/mol. The van der Waals surface area contributed by atoms with E-state index in [2.05, 4.69) is 20.1 Å². The normalized spacial score (nSPS) is 8.90. The van der Waals surface area contributed by atoms with Crippen molar-refractivity contribution in [2.24, 2.45) is 0 Å². The number of hydrogen-bond donors (Lipinski definition) is 0. The summed E-state index contributed by atoms with van der Waals surface area (Å²) in [4.78, 5) is 0. The molecule has 0 rings (SSSR count). The van der Waals surface area contributed by atoms with E-state index in [9.17, 15) is 0 Å². The van der Waals surface area contributed by atoms with Gasteiger partial charge in [-0.2, -0.15) is 0 Å². The lowest BCUT2D eigenvalue weighted by Gasteiger charge is -1.98. The van der Waals surface area contributed by atoms with Crippen molar-refractivity contribution in [3.05, 3.63) is 31.2 Å². The van der Waals surface area contributed by atoms with E-state index >= 15 is 0 Å². The highest BCUT2D eigenvalue weighted by Crippen LogP contribution is 2.18. The Labute approximate surface area is 64.6 Å². The summed E-state index contributed by atoms with van der Waals surface area (Å²) in [5.74, 6) is 1.55. The standard InChI is InChI=1S/C10H17/c1-4-7-10(8-5-2)9-6-3/h4-5H,1-2,6-9H2,3H3/q+1. The van der Waals surface area contributed by atoms with Gasteiger partial charge < -0.3 is 0 Å². The van der Waals surface area contributed by atoms with Gasteiger partial charge in [0.25, 0.3) is 0 Å². The van der Waals surface area contributed by atoms with Gasteiger partial charge in [-0.25, -0.2) is 0 Å². The van der Waals surface area contributed by atoms with Crippen molar-refractivity contribution in [1.29, 1.82) is 0 Å². The fourth-order valence-corrected chi connectivity index (χ4v) is 1.05. The molecule has 0 nitrogen and oxygen atoms in total. The summed E-state index contributed by atoms with van der Waals surface area (Å²) >= 11 is 0. The minimum Gasteiger partial charge on any atom is -0.0989 e. The Morgan fingerprint density at radius 2 is 1.70 bits per heavy atom. The molecule has 0 heteroatoms. The van der Waals surface area contributed by atoms with E-state index in [0.29, 0.717) is 0 Å². The minimum atomic E-state index is 1.06. The van der Waals surface area contributed by atoms with Gasteiger partial charge in [0, 0.05) is 0 Å². The van der Waals surface area contributed by atoms with Gasteiger partial charge in [0.1, 0.15) is 12.8 Å². The molecule has 0 saturated heterocycles. The van der Waals surface area contributed by atoms with Crippen molar-refractivity contribution in [2.75, 3.05) is 0 Å². The molecular weight excluding hydrogens is 120 g/mol. The zero-order valence-corrected chi connectivity index (χ0v) is 6.90. The summed E-state index contributed by atoms with van der Waals surface area (Å²) in [6.07, 6.45) is 8.50. The third-order valence-corrected chi connectivity index (χ3v) is 1.47. The second-order valence-electron chi connectivity index (χ2n) is 2.49. The molecule has 56 valence electrons. The van der Waals surface area contributed by atoms with Crippen LogP contribution in [0.1, 0.15) is 32.6 Å². The summed E-state index contributed by atoms with van der Waals surface area (Å²) < 4.78 is 0. The van der Waals surface area contributed by atoms with Gasteiger partial charge in [-0.15, -0.1) is 0 Å². The van der Waals surface area contributed by atoms with Crippen molar-refractivity contribution in [1.82, 2.24) is 0 Å². The Morgan fingerprint density at radius 1 is 1.20 bits per heavy atom. The average molecular weight is 137 g/mol. The summed E-state index contributed by atoms with van der Waals surface area (Å²) in [5, 5.41) is 0. The molecule has 0 aromatic carbocycles. The predicted octanol–water partition coefficient (Wildman–Crippen LogP) is 3.51. The lowest BCUT2D eigenvalue weighted by molar-refractivity contribution is 0.735. The highest BCUT2D eigenvalue weighted by atomic mass is 14.1. The third-order valence-electron chi connectivity index (χ3n) is 1.47. The molecule has 0 radical (unpaired) electrons. The van der Waals surface area contributed by atoms with Crippen LogP contribution in [0.25, 0.3) is 0 Å². The zero-order valence-electron chi connectivity index (χ0n) is 6.90. The monoisotopic (exact) mass is 137 g/mol. The SMILES string of the molecule is C=CC[C+](CC=C)CCC. The van der Waals surface area contributed by atoms with Crippen LogP contribution < -0.4 is 0 Å². The van der Waals surface area contributed by atoms with Crippen molar-refractivity contribution < 1.29 is 0 Å². The molecule has 0 spiro atoms. The summed E-state index contributed by atoms with van der Waals surface area (Å²) in [5.41, 5.74) is 0. The van der Waals surface area contributed by atoms with Crippen LogP contribution in [-0.4, -0.2) is 0 Å². The van der Waals surface area contributed by atoms with Gasteiger partial charge in [0.05, 0.1) is 12.3 Å². The molecule has 10 heavy (non-hydrogen) atoms. The molecule has 0 amide bonds. The Bertz CT molecular complexity index is 82.2. The third kappa shape index (κ3) is 4.25. The van der Waals surface area contributed by atoms with Crippen molar-refractivity contribution >= 4 is 0 Å². The van der Waals surface area contributed by atoms with Gasteiger partial charge in [0.15, 0.2) is 0 Å². The maximum Gasteiger partial charge on any atom is 0.108 e. The minimum absolute atomic E-state index is 1.06. The van der Waals surface area contributed by atoms with Crippen LogP contribution in [0.15, 0.2) is 25.3 Å². The molecule has 0 N–H and O–H groups in total. The first kappa shape index (κ1) is 9.35. The molecule has 0 saturated carbocycles. The van der Waals surface area contributed by atoms with Gasteiger partial charge in [0.2, 0.25) is 0 Å². The number of rotatable bonds is 6. The van der Waals surface area contributed by atoms with E-state index in [1.54, 1.807) is 5.92 Å². The van der Waals surface area contributed by atoms with Crippen LogP contribution in [0.2, 0.25) is 0 Å². The lowest BCUT2D eigenvalue weighted by Crippen LogP contribution is -1.92. The molecule has 0 aliphatic carbocycles. The van der Waals surface area contributed by atoms with E-state index in [1.807, 2.05) is 12.2 Å². The molecule has 0 bridgehead atoms. The molecular formula is C10H17+. The Morgan fingerprint density at radius 3 is 2.00 bits per heavy atom. The van der Waals surface area contributed by atoms with Crippen LogP contribution in [0.4, 0.5) is 0 Å². The molecule has 0 atom stereocenters. The van der Waals surface area contributed by atoms with Crippen LogP contribution in [0.3, 0.4) is 0 Å². The lowest BCUT2D eigenvalue weighted by atomic mass is 9.96. The molecule has 0 fully saturated rings. The van der Waals surface area contributed by atoms with Crippen LogP contribution >= 0.6 is 0 Å². The summed E-state index contributed by atoms with van der Waals surface area (Å²) in [6.45, 7) is 9.62. The first-order valence-corrected chi connectivity index (χ1v) is 3.90. The highest BCUT2D eigenvalue weighted by Gasteiger charge is 2.13. The second-order valence-corrected chi connectivity index (χ2v) is 2.49. The largest absolute Gasteiger partial charge is 0.108 e. The fourth-order valence-electron chi connectivity index (χ4n) is 1.05. The molecule has 0 aromatic rings. The Hall–Kier alpha value is -0.650. The van der Waals surface area contributed by atoms with E-state index in [4.69, 9.17) is 0 Å². The topological polar surface area (TPSA) is 0 Å². The van der Waals surface area contributed by atoms with Gasteiger partial charge in [-0.05, 0) is 18.6 Å². The molecule has 0 heterocycles. The van der Waals surface area contributed by atoms with E-state index in [-0.39, 0.29) is 0 Å². The van der Waals surface area contributed by atoms with Gasteiger partial charge in [-0.3, -0.25) is 0 Å². The maximum absolute atomic E-state index is 3.71. The number of allylic oxidation sites excluding steroid dienone is 2. The first-order valence-electron chi connectivity index (χ1n) is 3.90. The van der Waals surface area contributed by atoms with Gasteiger partial charge in [-0.1, -0.05) is 20.1 Å². The van der Waals surface area contributed by atoms with Crippen molar-refractivity contribution in [2.45, 2.75) is 32.6 Å². The van der Waals surface area contributed by atoms with E-state index in [0.717, 1.165) is 12.8 Å². The molecule has 0 unspecified atom stereocenters.